The van der Waals surface area contributed by atoms with Crippen molar-refractivity contribution in [2.24, 2.45) is 0 Å². The Balaban J connectivity index is 1.46. The number of benzene rings is 2. The summed E-state index contributed by atoms with van der Waals surface area (Å²) in [6.07, 6.45) is 0.456. The van der Waals surface area contributed by atoms with Gasteiger partial charge in [-0.05, 0) is 11.1 Å². The van der Waals surface area contributed by atoms with E-state index in [1.54, 1.807) is 4.90 Å². The Bertz CT molecular complexity index is 1020. The van der Waals surface area contributed by atoms with Crippen LogP contribution in [0.15, 0.2) is 59.8 Å². The van der Waals surface area contributed by atoms with E-state index in [9.17, 15) is 9.59 Å². The van der Waals surface area contributed by atoms with E-state index >= 15 is 0 Å². The van der Waals surface area contributed by atoms with Gasteiger partial charge in [-0.3, -0.25) is 9.89 Å². The molecule has 2 aromatic carbocycles. The molecule has 0 bridgehead atoms. The van der Waals surface area contributed by atoms with Crippen LogP contribution in [0.2, 0.25) is 0 Å². The number of hydrogen-bond donors (Lipinski definition) is 1. The Labute approximate surface area is 172 Å². The first-order valence-electron chi connectivity index (χ1n) is 9.20. The monoisotopic (exact) mass is 408 g/mol. The summed E-state index contributed by atoms with van der Waals surface area (Å²) in [5.41, 5.74) is 3.05. The number of fused-ring (bicyclic) bond motifs is 1. The summed E-state index contributed by atoms with van der Waals surface area (Å²) in [6.45, 7) is 0.387. The normalized spacial score (nSPS) is 15.6. The second-order valence-electron chi connectivity index (χ2n) is 6.65. The highest BCUT2D eigenvalue weighted by atomic mass is 32.2. The number of thioether (sulfide) groups is 1. The van der Waals surface area contributed by atoms with Crippen molar-refractivity contribution in [1.29, 1.82) is 0 Å². The second kappa shape index (κ2) is 8.48. The minimum Gasteiger partial charge on any atom is -0.467 e. The second-order valence-corrected chi connectivity index (χ2v) is 7.60. The van der Waals surface area contributed by atoms with Crippen molar-refractivity contribution < 1.29 is 14.3 Å². The first-order chi connectivity index (χ1) is 14.2. The van der Waals surface area contributed by atoms with Crippen LogP contribution in [0.3, 0.4) is 0 Å². The van der Waals surface area contributed by atoms with Crippen LogP contribution in [-0.4, -0.2) is 50.9 Å². The summed E-state index contributed by atoms with van der Waals surface area (Å²) >= 11 is 1.24. The molecule has 0 aliphatic carbocycles. The number of amides is 1. The maximum Gasteiger partial charge on any atom is 0.328 e. The van der Waals surface area contributed by atoms with E-state index in [-0.39, 0.29) is 11.7 Å². The fraction of sp³-hybridized carbons (Fsp3) is 0.238. The van der Waals surface area contributed by atoms with E-state index in [1.165, 1.54) is 18.9 Å². The van der Waals surface area contributed by atoms with Gasteiger partial charge < -0.3 is 9.64 Å². The van der Waals surface area contributed by atoms with Gasteiger partial charge in [0.05, 0.1) is 12.9 Å². The maximum atomic E-state index is 12.9. The van der Waals surface area contributed by atoms with E-state index in [4.69, 9.17) is 4.74 Å². The van der Waals surface area contributed by atoms with Gasteiger partial charge in [0, 0.05) is 18.5 Å². The summed E-state index contributed by atoms with van der Waals surface area (Å²) < 4.78 is 4.93. The average Bonchev–Trinajstić information content (AvgIpc) is 3.25. The molecule has 1 N–H and O–H groups in total. The number of carbonyl (C=O) groups excluding carboxylic acids is 2. The summed E-state index contributed by atoms with van der Waals surface area (Å²) in [7, 11) is 1.35. The van der Waals surface area contributed by atoms with Gasteiger partial charge in [-0.15, -0.1) is 5.10 Å². The summed E-state index contributed by atoms with van der Waals surface area (Å²) in [5, 5.41) is 7.56. The third kappa shape index (κ3) is 4.17. The van der Waals surface area contributed by atoms with Crippen LogP contribution in [-0.2, 0) is 27.3 Å². The highest BCUT2D eigenvalue weighted by Gasteiger charge is 2.35. The van der Waals surface area contributed by atoms with Gasteiger partial charge in [0.2, 0.25) is 11.1 Å². The molecule has 0 radical (unpaired) electrons. The lowest BCUT2D eigenvalue weighted by molar-refractivity contribution is -0.153. The predicted octanol–water partition coefficient (Wildman–Crippen LogP) is 2.69. The highest BCUT2D eigenvalue weighted by molar-refractivity contribution is 7.99. The molecule has 1 aliphatic rings. The van der Waals surface area contributed by atoms with Gasteiger partial charge in [0.25, 0.3) is 0 Å². The summed E-state index contributed by atoms with van der Waals surface area (Å²) in [4.78, 5) is 31.2. The lowest BCUT2D eigenvalue weighted by Gasteiger charge is -2.35. The molecular formula is C21H20N4O3S. The first kappa shape index (κ1) is 19.2. The molecule has 1 atom stereocenters. The highest BCUT2D eigenvalue weighted by Crippen LogP contribution is 2.26. The number of aromatic amines is 1. The Morgan fingerprint density at radius 2 is 1.86 bits per heavy atom. The number of rotatable bonds is 5. The number of aromatic nitrogens is 3. The van der Waals surface area contributed by atoms with Gasteiger partial charge in [0.15, 0.2) is 5.82 Å². The van der Waals surface area contributed by atoms with E-state index in [0.29, 0.717) is 23.9 Å². The number of hydrogen-bond acceptors (Lipinski definition) is 6. The number of esters is 1. The minimum atomic E-state index is -0.616. The standard InChI is InChI=1S/C21H20N4O3S/c1-28-20(27)17-11-15-9-5-6-10-16(15)12-25(17)18(26)13-29-21-22-19(23-24-21)14-7-3-2-4-8-14/h2-10,17H,11-13H2,1H3,(H,22,23,24)/t17-/m0/s1. The molecule has 29 heavy (non-hydrogen) atoms. The van der Waals surface area contributed by atoms with Crippen molar-refractivity contribution in [3.8, 4) is 11.4 Å². The lowest BCUT2D eigenvalue weighted by atomic mass is 9.94. The van der Waals surface area contributed by atoms with E-state index in [0.717, 1.165) is 16.7 Å². The molecule has 4 rings (SSSR count). The Kier molecular flexibility index (Phi) is 5.62. The smallest absolute Gasteiger partial charge is 0.328 e. The zero-order chi connectivity index (χ0) is 20.2. The van der Waals surface area contributed by atoms with Crippen LogP contribution in [0, 0.1) is 0 Å². The molecule has 1 amide bonds. The lowest BCUT2D eigenvalue weighted by Crippen LogP contribution is -2.49. The van der Waals surface area contributed by atoms with Gasteiger partial charge in [-0.2, -0.15) is 0 Å². The quantitative estimate of drug-likeness (QED) is 0.516. The molecule has 1 aromatic heterocycles. The van der Waals surface area contributed by atoms with Crippen molar-refractivity contribution in [3.63, 3.8) is 0 Å². The topological polar surface area (TPSA) is 88.2 Å². The molecule has 2 heterocycles. The number of carbonyl (C=O) groups is 2. The molecule has 0 spiro atoms. The third-order valence-corrected chi connectivity index (χ3v) is 5.71. The average molecular weight is 408 g/mol. The number of nitrogens with one attached hydrogen (secondary N) is 1. The Morgan fingerprint density at radius 3 is 2.62 bits per heavy atom. The molecule has 3 aromatic rings. The molecule has 8 heteroatoms. The summed E-state index contributed by atoms with van der Waals surface area (Å²) in [6, 6.07) is 16.9. The molecule has 0 saturated carbocycles. The first-order valence-corrected chi connectivity index (χ1v) is 10.2. The van der Waals surface area contributed by atoms with E-state index in [1.807, 2.05) is 54.6 Å². The third-order valence-electron chi connectivity index (χ3n) is 4.88. The van der Waals surface area contributed by atoms with Gasteiger partial charge in [-0.25, -0.2) is 9.78 Å². The molecule has 0 unspecified atom stereocenters. The Hall–Kier alpha value is -3.13. The van der Waals surface area contributed by atoms with Crippen LogP contribution in [0.1, 0.15) is 11.1 Å². The van der Waals surface area contributed by atoms with Gasteiger partial charge in [-0.1, -0.05) is 66.4 Å². The van der Waals surface area contributed by atoms with E-state index < -0.39 is 12.0 Å². The largest absolute Gasteiger partial charge is 0.467 e. The fourth-order valence-electron chi connectivity index (χ4n) is 3.38. The molecule has 148 valence electrons. The molecule has 0 fully saturated rings. The van der Waals surface area contributed by atoms with Crippen molar-refractivity contribution in [2.45, 2.75) is 24.2 Å². The van der Waals surface area contributed by atoms with Crippen LogP contribution < -0.4 is 0 Å². The number of ether oxygens (including phenoxy) is 1. The number of methoxy groups -OCH3 is 1. The van der Waals surface area contributed by atoms with Crippen LogP contribution in [0.5, 0.6) is 0 Å². The maximum absolute atomic E-state index is 12.9. The zero-order valence-corrected chi connectivity index (χ0v) is 16.7. The van der Waals surface area contributed by atoms with Crippen molar-refractivity contribution in [3.05, 3.63) is 65.7 Å². The number of H-pyrrole nitrogens is 1. The molecule has 1 aliphatic heterocycles. The Morgan fingerprint density at radius 1 is 1.14 bits per heavy atom. The SMILES string of the molecule is COC(=O)[C@@H]1Cc2ccccc2CN1C(=O)CSc1n[nH]c(-c2ccccc2)n1. The zero-order valence-electron chi connectivity index (χ0n) is 15.9. The van der Waals surface area contributed by atoms with E-state index in [2.05, 4.69) is 15.2 Å². The van der Waals surface area contributed by atoms with Crippen molar-refractivity contribution in [1.82, 2.24) is 20.1 Å². The van der Waals surface area contributed by atoms with Gasteiger partial charge >= 0.3 is 5.97 Å². The van der Waals surface area contributed by atoms with Gasteiger partial charge in [0.1, 0.15) is 6.04 Å². The van der Waals surface area contributed by atoms with Crippen LogP contribution in [0.25, 0.3) is 11.4 Å². The van der Waals surface area contributed by atoms with Crippen LogP contribution >= 0.6 is 11.8 Å². The minimum absolute atomic E-state index is 0.141. The molecular weight excluding hydrogens is 388 g/mol. The van der Waals surface area contributed by atoms with Crippen LogP contribution in [0.4, 0.5) is 0 Å². The van der Waals surface area contributed by atoms with Crippen molar-refractivity contribution in [2.75, 3.05) is 12.9 Å². The predicted molar refractivity (Wildman–Crippen MR) is 109 cm³/mol. The number of nitrogens with zero attached hydrogens (tertiary/aromatic N) is 3. The molecule has 7 nitrogen and oxygen atoms in total. The van der Waals surface area contributed by atoms with Crippen molar-refractivity contribution >= 4 is 23.6 Å². The summed E-state index contributed by atoms with van der Waals surface area (Å²) in [5.74, 6) is 0.245. The fourth-order valence-corrected chi connectivity index (χ4v) is 4.06. The molecule has 0 saturated heterocycles.